The van der Waals surface area contributed by atoms with Gasteiger partial charge >= 0.3 is 5.97 Å². The zero-order valence-corrected chi connectivity index (χ0v) is 10.2. The Morgan fingerprint density at radius 1 is 1.53 bits per heavy atom. The molecule has 0 aromatic heterocycles. The molecule has 17 heavy (non-hydrogen) atoms. The minimum atomic E-state index is -3.73. The number of ether oxygens (including phenoxy) is 2. The summed E-state index contributed by atoms with van der Waals surface area (Å²) in [6, 6.07) is -0.743. The molecule has 0 aromatic carbocycles. The summed E-state index contributed by atoms with van der Waals surface area (Å²) in [5.74, 6) is -1.93. The van der Waals surface area contributed by atoms with Gasteiger partial charge in [0.25, 0.3) is 10.2 Å². The number of aliphatic carboxylic acids is 1. The minimum Gasteiger partial charge on any atom is -0.481 e. The number of hydrogen-bond donors (Lipinski definition) is 3. The van der Waals surface area contributed by atoms with Gasteiger partial charge in [-0.1, -0.05) is 0 Å². The van der Waals surface area contributed by atoms with E-state index in [1.807, 2.05) is 0 Å². The topological polar surface area (TPSA) is 114 Å². The number of methoxy groups -OCH3 is 1. The first kappa shape index (κ1) is 14.3. The quantitative estimate of drug-likeness (QED) is 0.467. The molecule has 1 heterocycles. The fourth-order valence-corrected chi connectivity index (χ4v) is 2.50. The van der Waals surface area contributed by atoms with Crippen LogP contribution in [0.5, 0.6) is 0 Å². The van der Waals surface area contributed by atoms with Gasteiger partial charge < -0.3 is 14.6 Å². The molecule has 2 unspecified atom stereocenters. The standard InChI is InChI=1S/C8H16N2O6S/c1-15-3-2-9-17(13,14)10-7-5-16-4-6(7)8(11)12/h6-7,9-10H,2-5H2,1H3,(H,11,12). The Kier molecular flexibility index (Phi) is 5.28. The molecule has 0 radical (unpaired) electrons. The van der Waals surface area contributed by atoms with Gasteiger partial charge in [-0.25, -0.2) is 0 Å². The lowest BCUT2D eigenvalue weighted by molar-refractivity contribution is -0.142. The molecule has 0 aliphatic carbocycles. The first-order valence-electron chi connectivity index (χ1n) is 5.02. The number of carbonyl (C=O) groups is 1. The molecule has 0 saturated carbocycles. The molecule has 3 N–H and O–H groups in total. The van der Waals surface area contributed by atoms with Gasteiger partial charge in [0, 0.05) is 13.7 Å². The van der Waals surface area contributed by atoms with Crippen molar-refractivity contribution in [3.05, 3.63) is 0 Å². The number of rotatable bonds is 7. The lowest BCUT2D eigenvalue weighted by atomic mass is 10.1. The van der Waals surface area contributed by atoms with E-state index < -0.39 is 28.1 Å². The number of nitrogens with one attached hydrogen (secondary N) is 2. The highest BCUT2D eigenvalue weighted by molar-refractivity contribution is 7.87. The van der Waals surface area contributed by atoms with Gasteiger partial charge in [0.2, 0.25) is 0 Å². The van der Waals surface area contributed by atoms with E-state index in [2.05, 4.69) is 9.44 Å². The van der Waals surface area contributed by atoms with Crippen molar-refractivity contribution >= 4 is 16.2 Å². The van der Waals surface area contributed by atoms with Crippen LogP contribution in [0.2, 0.25) is 0 Å². The van der Waals surface area contributed by atoms with Gasteiger partial charge in [0.1, 0.15) is 0 Å². The van der Waals surface area contributed by atoms with Crippen LogP contribution in [0.1, 0.15) is 0 Å². The highest BCUT2D eigenvalue weighted by atomic mass is 32.2. The molecular formula is C8H16N2O6S. The third-order valence-corrected chi connectivity index (χ3v) is 3.50. The summed E-state index contributed by atoms with van der Waals surface area (Å²) >= 11 is 0. The Labute approximate surface area is 99.5 Å². The van der Waals surface area contributed by atoms with Gasteiger partial charge in [0.15, 0.2) is 0 Å². The monoisotopic (exact) mass is 268 g/mol. The van der Waals surface area contributed by atoms with Crippen molar-refractivity contribution in [1.82, 2.24) is 9.44 Å². The average molecular weight is 268 g/mol. The molecule has 0 bridgehead atoms. The summed E-state index contributed by atoms with van der Waals surface area (Å²) in [6.07, 6.45) is 0. The van der Waals surface area contributed by atoms with E-state index in [9.17, 15) is 13.2 Å². The second kappa shape index (κ2) is 6.26. The molecule has 8 nitrogen and oxygen atoms in total. The van der Waals surface area contributed by atoms with Crippen molar-refractivity contribution in [3.8, 4) is 0 Å². The fraction of sp³-hybridized carbons (Fsp3) is 0.875. The normalized spacial score (nSPS) is 25.0. The summed E-state index contributed by atoms with van der Waals surface area (Å²) in [6.45, 7) is 0.435. The molecule has 1 aliphatic heterocycles. The largest absolute Gasteiger partial charge is 0.481 e. The minimum absolute atomic E-state index is 0.0145. The van der Waals surface area contributed by atoms with E-state index in [4.69, 9.17) is 14.6 Å². The first-order chi connectivity index (χ1) is 7.96. The van der Waals surface area contributed by atoms with Crippen molar-refractivity contribution < 1.29 is 27.8 Å². The third-order valence-electron chi connectivity index (χ3n) is 2.30. The van der Waals surface area contributed by atoms with Crippen LogP contribution in [0, 0.1) is 5.92 Å². The summed E-state index contributed by atoms with van der Waals surface area (Å²) < 4.78 is 37.1. The summed E-state index contributed by atoms with van der Waals surface area (Å²) in [5, 5.41) is 8.84. The molecule has 0 aromatic rings. The predicted octanol–water partition coefficient (Wildman–Crippen LogP) is -1.84. The van der Waals surface area contributed by atoms with E-state index in [1.54, 1.807) is 0 Å². The zero-order chi connectivity index (χ0) is 12.9. The smallest absolute Gasteiger partial charge is 0.310 e. The highest BCUT2D eigenvalue weighted by Crippen LogP contribution is 2.14. The highest BCUT2D eigenvalue weighted by Gasteiger charge is 2.36. The van der Waals surface area contributed by atoms with E-state index in [1.165, 1.54) is 7.11 Å². The zero-order valence-electron chi connectivity index (χ0n) is 9.38. The third kappa shape index (κ3) is 4.56. The predicted molar refractivity (Wildman–Crippen MR) is 57.7 cm³/mol. The van der Waals surface area contributed by atoms with E-state index in [0.717, 1.165) is 0 Å². The maximum atomic E-state index is 11.5. The van der Waals surface area contributed by atoms with E-state index in [0.29, 0.717) is 0 Å². The van der Waals surface area contributed by atoms with Crippen LogP contribution in [0.15, 0.2) is 0 Å². The molecule has 1 rings (SSSR count). The summed E-state index contributed by atoms with van der Waals surface area (Å²) in [7, 11) is -2.28. The molecule has 2 atom stereocenters. The van der Waals surface area contributed by atoms with Gasteiger partial charge in [-0.3, -0.25) is 4.79 Å². The lowest BCUT2D eigenvalue weighted by Crippen LogP contribution is -2.48. The van der Waals surface area contributed by atoms with Crippen molar-refractivity contribution in [3.63, 3.8) is 0 Å². The Bertz CT molecular complexity index is 357. The molecular weight excluding hydrogens is 252 g/mol. The first-order valence-corrected chi connectivity index (χ1v) is 6.51. The van der Waals surface area contributed by atoms with Crippen LogP contribution >= 0.6 is 0 Å². The van der Waals surface area contributed by atoms with Gasteiger partial charge in [-0.15, -0.1) is 0 Å². The SMILES string of the molecule is COCCNS(=O)(=O)NC1COCC1C(=O)O. The Balaban J connectivity index is 2.49. The molecule has 0 amide bonds. The molecule has 1 aliphatic rings. The molecule has 1 saturated heterocycles. The lowest BCUT2D eigenvalue weighted by Gasteiger charge is -2.16. The molecule has 9 heteroatoms. The van der Waals surface area contributed by atoms with Crippen LogP contribution in [-0.2, 0) is 24.5 Å². The second-order valence-electron chi connectivity index (χ2n) is 3.60. The van der Waals surface area contributed by atoms with Crippen LogP contribution in [0.3, 0.4) is 0 Å². The Hall–Kier alpha value is -0.740. The fourth-order valence-electron chi connectivity index (χ4n) is 1.43. The van der Waals surface area contributed by atoms with Gasteiger partial charge in [-0.05, 0) is 0 Å². The molecule has 100 valence electrons. The number of hydrogen-bond acceptors (Lipinski definition) is 5. The number of carboxylic acid groups (broad SMARTS) is 1. The summed E-state index contributed by atoms with van der Waals surface area (Å²) in [4.78, 5) is 10.8. The van der Waals surface area contributed by atoms with E-state index >= 15 is 0 Å². The van der Waals surface area contributed by atoms with Crippen LogP contribution in [0.4, 0.5) is 0 Å². The van der Waals surface area contributed by atoms with Crippen LogP contribution in [-0.4, -0.2) is 59.0 Å². The van der Waals surface area contributed by atoms with Crippen molar-refractivity contribution in [2.45, 2.75) is 6.04 Å². The second-order valence-corrected chi connectivity index (χ2v) is 5.13. The molecule has 1 fully saturated rings. The van der Waals surface area contributed by atoms with Crippen LogP contribution < -0.4 is 9.44 Å². The van der Waals surface area contributed by atoms with Gasteiger partial charge in [-0.2, -0.15) is 17.9 Å². The maximum Gasteiger partial charge on any atom is 0.310 e. The van der Waals surface area contributed by atoms with Gasteiger partial charge in [0.05, 0.1) is 31.8 Å². The van der Waals surface area contributed by atoms with E-state index in [-0.39, 0.29) is 26.4 Å². The maximum absolute atomic E-state index is 11.5. The average Bonchev–Trinajstić information content (AvgIpc) is 2.65. The Morgan fingerprint density at radius 2 is 2.24 bits per heavy atom. The van der Waals surface area contributed by atoms with Crippen molar-refractivity contribution in [1.29, 1.82) is 0 Å². The van der Waals surface area contributed by atoms with Crippen molar-refractivity contribution in [2.24, 2.45) is 5.92 Å². The Morgan fingerprint density at radius 3 is 2.82 bits per heavy atom. The van der Waals surface area contributed by atoms with Crippen molar-refractivity contribution in [2.75, 3.05) is 33.5 Å². The summed E-state index contributed by atoms with van der Waals surface area (Å²) in [5.41, 5.74) is 0. The molecule has 0 spiro atoms. The van der Waals surface area contributed by atoms with Crippen LogP contribution in [0.25, 0.3) is 0 Å². The number of carboxylic acids is 1.